The molecular formula is C12H7BrCl2N2O4. The molecule has 2 rings (SSSR count). The first kappa shape index (κ1) is 15.8. The predicted molar refractivity (Wildman–Crippen MR) is 79.4 cm³/mol. The monoisotopic (exact) mass is 392 g/mol. The van der Waals surface area contributed by atoms with Crippen LogP contribution in [0.2, 0.25) is 10.0 Å². The molecule has 0 bridgehead atoms. The van der Waals surface area contributed by atoms with E-state index in [1.54, 1.807) is 18.2 Å². The second-order valence-corrected chi connectivity index (χ2v) is 5.56. The number of aromatic nitrogens is 2. The Labute approximate surface area is 137 Å². The number of hydrogen-bond acceptors (Lipinski definition) is 3. The van der Waals surface area contributed by atoms with Crippen molar-refractivity contribution in [3.63, 3.8) is 0 Å². The highest BCUT2D eigenvalue weighted by Crippen LogP contribution is 2.25. The van der Waals surface area contributed by atoms with Gasteiger partial charge in [0.2, 0.25) is 0 Å². The van der Waals surface area contributed by atoms with Crippen molar-refractivity contribution in [1.29, 1.82) is 0 Å². The predicted octanol–water partition coefficient (Wildman–Crippen LogP) is 3.40. The maximum absolute atomic E-state index is 11.3. The molecular weight excluding hydrogens is 387 g/mol. The van der Waals surface area contributed by atoms with Gasteiger partial charge in [0.15, 0.2) is 16.1 Å². The van der Waals surface area contributed by atoms with E-state index in [2.05, 4.69) is 20.9 Å². The molecule has 1 aromatic heterocycles. The summed E-state index contributed by atoms with van der Waals surface area (Å²) in [6.45, 7) is 0.0158. The fourth-order valence-corrected chi connectivity index (χ4v) is 2.62. The number of nitrogens with zero attached hydrogens (tertiary/aromatic N) is 2. The van der Waals surface area contributed by atoms with Crippen LogP contribution in [0.3, 0.4) is 0 Å². The van der Waals surface area contributed by atoms with Crippen LogP contribution in [0, 0.1) is 0 Å². The van der Waals surface area contributed by atoms with E-state index in [1.807, 2.05) is 0 Å². The summed E-state index contributed by atoms with van der Waals surface area (Å²) < 4.78 is 1.27. The number of imidazole rings is 1. The second kappa shape index (κ2) is 6.05. The average Bonchev–Trinajstić information content (AvgIpc) is 2.72. The van der Waals surface area contributed by atoms with Crippen molar-refractivity contribution in [3.05, 3.63) is 49.9 Å². The number of rotatable bonds is 4. The molecule has 0 aliphatic heterocycles. The molecule has 0 unspecified atom stereocenters. The van der Waals surface area contributed by atoms with Gasteiger partial charge in [-0.05, 0) is 39.7 Å². The zero-order valence-electron chi connectivity index (χ0n) is 10.2. The summed E-state index contributed by atoms with van der Waals surface area (Å²) in [6, 6.07) is 4.74. The van der Waals surface area contributed by atoms with Crippen LogP contribution in [-0.4, -0.2) is 31.7 Å². The van der Waals surface area contributed by atoms with Gasteiger partial charge in [-0.1, -0.05) is 23.2 Å². The molecule has 0 atom stereocenters. The lowest BCUT2D eigenvalue weighted by Crippen LogP contribution is -2.14. The topological polar surface area (TPSA) is 92.4 Å². The van der Waals surface area contributed by atoms with Crippen LogP contribution in [0.1, 0.15) is 26.5 Å². The molecule has 0 spiro atoms. The lowest BCUT2D eigenvalue weighted by atomic mass is 10.2. The number of carboxylic acids is 2. The fourth-order valence-electron chi connectivity index (χ4n) is 1.77. The molecule has 110 valence electrons. The van der Waals surface area contributed by atoms with Crippen molar-refractivity contribution < 1.29 is 19.8 Å². The molecule has 9 heteroatoms. The second-order valence-electron chi connectivity index (χ2n) is 4.01. The van der Waals surface area contributed by atoms with Crippen LogP contribution in [0.25, 0.3) is 0 Å². The zero-order valence-corrected chi connectivity index (χ0v) is 13.3. The van der Waals surface area contributed by atoms with Crippen LogP contribution < -0.4 is 0 Å². The highest BCUT2D eigenvalue weighted by atomic mass is 79.9. The molecule has 6 nitrogen and oxygen atoms in total. The summed E-state index contributed by atoms with van der Waals surface area (Å²) in [4.78, 5) is 26.1. The Balaban J connectivity index is 2.56. The van der Waals surface area contributed by atoms with Gasteiger partial charge in [-0.25, -0.2) is 14.6 Å². The summed E-state index contributed by atoms with van der Waals surface area (Å²) in [5.41, 5.74) is -0.445. The van der Waals surface area contributed by atoms with Gasteiger partial charge in [0.1, 0.15) is 0 Å². The van der Waals surface area contributed by atoms with Crippen LogP contribution in [0.4, 0.5) is 0 Å². The lowest BCUT2D eigenvalue weighted by molar-refractivity contribution is 0.0640. The number of hydrogen-bond donors (Lipinski definition) is 2. The van der Waals surface area contributed by atoms with Crippen molar-refractivity contribution in [3.8, 4) is 0 Å². The average molecular weight is 394 g/mol. The minimum atomic E-state index is -1.43. The van der Waals surface area contributed by atoms with E-state index in [1.165, 1.54) is 4.57 Å². The fraction of sp³-hybridized carbons (Fsp3) is 0.0833. The summed E-state index contributed by atoms with van der Waals surface area (Å²) in [5.74, 6) is -2.83. The van der Waals surface area contributed by atoms with Crippen LogP contribution in [0.15, 0.2) is 22.9 Å². The van der Waals surface area contributed by atoms with Crippen molar-refractivity contribution in [2.24, 2.45) is 0 Å². The third-order valence-corrected chi connectivity index (χ3v) is 3.87. The first-order valence-corrected chi connectivity index (χ1v) is 7.02. The summed E-state index contributed by atoms with van der Waals surface area (Å²) in [7, 11) is 0. The van der Waals surface area contributed by atoms with E-state index < -0.39 is 23.3 Å². The van der Waals surface area contributed by atoms with Gasteiger partial charge in [0.25, 0.3) is 0 Å². The molecule has 0 aliphatic rings. The minimum Gasteiger partial charge on any atom is -0.476 e. The third-order valence-electron chi connectivity index (χ3n) is 2.66. The van der Waals surface area contributed by atoms with Gasteiger partial charge in [0, 0.05) is 10.0 Å². The number of carboxylic acid groups (broad SMARTS) is 2. The molecule has 0 fully saturated rings. The Morgan fingerprint density at radius 2 is 1.90 bits per heavy atom. The standard InChI is InChI=1S/C12H7BrCl2N2O4/c13-12-16-8(10(18)19)9(11(20)21)17(12)4-5-3-6(14)1-2-7(5)15/h1-3H,4H2,(H,18,19)(H,20,21). The van der Waals surface area contributed by atoms with Crippen LogP contribution in [0.5, 0.6) is 0 Å². The highest BCUT2D eigenvalue weighted by molar-refractivity contribution is 9.10. The normalized spacial score (nSPS) is 10.6. The molecule has 1 aromatic carbocycles. The molecule has 2 aromatic rings. The zero-order chi connectivity index (χ0) is 15.7. The Bertz CT molecular complexity index is 745. The van der Waals surface area contributed by atoms with Gasteiger partial charge >= 0.3 is 11.9 Å². The number of aromatic carboxylic acids is 2. The summed E-state index contributed by atoms with van der Waals surface area (Å²) >= 11 is 15.0. The smallest absolute Gasteiger partial charge is 0.357 e. The van der Waals surface area contributed by atoms with Gasteiger partial charge < -0.3 is 14.8 Å². The van der Waals surface area contributed by atoms with Crippen LogP contribution >= 0.6 is 39.1 Å². The van der Waals surface area contributed by atoms with E-state index in [4.69, 9.17) is 28.3 Å². The Morgan fingerprint density at radius 1 is 1.24 bits per heavy atom. The number of benzene rings is 1. The quantitative estimate of drug-likeness (QED) is 0.830. The molecule has 2 N–H and O–H groups in total. The van der Waals surface area contributed by atoms with Crippen LogP contribution in [-0.2, 0) is 6.54 Å². The Kier molecular flexibility index (Phi) is 4.55. The van der Waals surface area contributed by atoms with Crippen molar-refractivity contribution in [2.45, 2.75) is 6.54 Å². The third kappa shape index (κ3) is 3.20. The SMILES string of the molecule is O=C(O)c1nc(Br)n(Cc2cc(Cl)ccc2Cl)c1C(=O)O. The molecule has 0 aliphatic carbocycles. The van der Waals surface area contributed by atoms with Crippen molar-refractivity contribution in [1.82, 2.24) is 9.55 Å². The Morgan fingerprint density at radius 3 is 2.48 bits per heavy atom. The van der Waals surface area contributed by atoms with E-state index in [0.717, 1.165) is 0 Å². The van der Waals surface area contributed by atoms with Crippen molar-refractivity contribution >= 4 is 51.1 Å². The summed E-state index contributed by atoms with van der Waals surface area (Å²) in [6.07, 6.45) is 0. The van der Waals surface area contributed by atoms with E-state index in [-0.39, 0.29) is 11.3 Å². The van der Waals surface area contributed by atoms with Gasteiger partial charge in [-0.3, -0.25) is 0 Å². The first-order valence-electron chi connectivity index (χ1n) is 5.47. The maximum atomic E-state index is 11.3. The van der Waals surface area contributed by atoms with Gasteiger partial charge in [-0.15, -0.1) is 0 Å². The number of halogens is 3. The molecule has 0 saturated heterocycles. The molecule has 1 heterocycles. The van der Waals surface area contributed by atoms with E-state index in [0.29, 0.717) is 15.6 Å². The number of carbonyl (C=O) groups is 2. The Hall–Kier alpha value is -1.57. The van der Waals surface area contributed by atoms with Crippen molar-refractivity contribution in [2.75, 3.05) is 0 Å². The molecule has 0 amide bonds. The molecule has 0 radical (unpaired) electrons. The van der Waals surface area contributed by atoms with Gasteiger partial charge in [0.05, 0.1) is 6.54 Å². The molecule has 21 heavy (non-hydrogen) atoms. The lowest BCUT2D eigenvalue weighted by Gasteiger charge is -2.09. The summed E-state index contributed by atoms with van der Waals surface area (Å²) in [5, 5.41) is 19.0. The minimum absolute atomic E-state index is 0.0158. The first-order chi connectivity index (χ1) is 9.81. The maximum Gasteiger partial charge on any atom is 0.357 e. The molecule has 0 saturated carbocycles. The van der Waals surface area contributed by atoms with E-state index >= 15 is 0 Å². The van der Waals surface area contributed by atoms with Gasteiger partial charge in [-0.2, -0.15) is 0 Å². The van der Waals surface area contributed by atoms with E-state index in [9.17, 15) is 14.7 Å². The largest absolute Gasteiger partial charge is 0.476 e. The highest BCUT2D eigenvalue weighted by Gasteiger charge is 2.26.